The lowest BCUT2D eigenvalue weighted by atomic mass is 9.94. The van der Waals surface area contributed by atoms with Gasteiger partial charge in [-0.3, -0.25) is 24.0 Å². The van der Waals surface area contributed by atoms with E-state index in [2.05, 4.69) is 9.88 Å². The van der Waals surface area contributed by atoms with Crippen LogP contribution >= 0.6 is 0 Å². The number of phenols is 5. The Bertz CT molecular complexity index is 6040. The molecule has 0 unspecified atom stereocenters. The molecule has 2 saturated heterocycles. The molecular weight excluding hydrogens is 1900 g/mol. The second-order valence-corrected chi connectivity index (χ2v) is 38.0. The van der Waals surface area contributed by atoms with Gasteiger partial charge in [-0.1, -0.05) is 147 Å². The summed E-state index contributed by atoms with van der Waals surface area (Å²) in [6.07, 6.45) is 19.9. The number of ether oxygens (including phenoxy) is 9. The Balaban J connectivity index is 0.000000205. The number of nitrogens with zero attached hydrogens (tertiary/aromatic N) is 4. The average molecular weight is 2040 g/mol. The molecule has 12 N–H and O–H groups in total. The van der Waals surface area contributed by atoms with Crippen molar-refractivity contribution in [1.82, 2.24) is 9.55 Å². The summed E-state index contributed by atoms with van der Waals surface area (Å²) < 4.78 is 50.5. The summed E-state index contributed by atoms with van der Waals surface area (Å²) in [5, 5.41) is 124. The quantitative estimate of drug-likeness (QED) is 0.0576. The number of hydrogen-bond acceptors (Lipinski definition) is 34. The number of benzene rings is 5. The van der Waals surface area contributed by atoms with Crippen LogP contribution in [0.1, 0.15) is 216 Å². The third-order valence-corrected chi connectivity index (χ3v) is 27.2. The minimum atomic E-state index is -1.56. The lowest BCUT2D eigenvalue weighted by Crippen LogP contribution is -2.36. The highest BCUT2D eigenvalue weighted by Crippen LogP contribution is 2.40. The van der Waals surface area contributed by atoms with Crippen LogP contribution in [0.4, 0.5) is 11.4 Å². The Labute approximate surface area is 855 Å². The van der Waals surface area contributed by atoms with Gasteiger partial charge < -0.3 is 118 Å². The molecule has 0 aliphatic carbocycles. The molecule has 2 fully saturated rings. The zero-order valence-electron chi connectivity index (χ0n) is 86.3. The van der Waals surface area contributed by atoms with Gasteiger partial charge in [-0.25, -0.2) is 29.0 Å². The first-order chi connectivity index (χ1) is 69.5. The number of phenolic OH excluding ortho intramolecular Hbond substituents is 5. The van der Waals surface area contributed by atoms with Crippen LogP contribution in [-0.2, 0) is 64.2 Å². The fourth-order valence-electron chi connectivity index (χ4n) is 16.3. The van der Waals surface area contributed by atoms with Gasteiger partial charge in [0.15, 0.2) is 28.9 Å². The molecule has 1 aromatic heterocycles. The second kappa shape index (κ2) is 54.3. The topological polar surface area (TPSA) is 521 Å². The van der Waals surface area contributed by atoms with Crippen molar-refractivity contribution in [1.29, 1.82) is 0 Å². The molecule has 0 bridgehead atoms. The number of imidazole rings is 1. The van der Waals surface area contributed by atoms with Gasteiger partial charge in [0, 0.05) is 128 Å². The maximum Gasteiger partial charge on any atom is 0.342 e. The number of aromatic hydroxyl groups is 5. The van der Waals surface area contributed by atoms with Crippen LogP contribution < -0.4 is 19.3 Å². The molecule has 147 heavy (non-hydrogen) atoms. The first kappa shape index (κ1) is 117. The van der Waals surface area contributed by atoms with Gasteiger partial charge in [0.05, 0.1) is 88.5 Å². The summed E-state index contributed by atoms with van der Waals surface area (Å²) in [7, 11) is 4.68. The summed E-state index contributed by atoms with van der Waals surface area (Å²) in [5.41, 5.74) is 5.53. The number of cyclic esters (lactones) is 5. The number of aliphatic hydroxyl groups excluding tert-OH is 7. The molecule has 35 heteroatoms. The number of aliphatic hydroxyl groups is 7. The van der Waals surface area contributed by atoms with E-state index in [1.165, 1.54) is 68.9 Å². The number of Topliss-reactive ketones (excluding diaryl/α,β-unsaturated/α-hetero) is 2. The average Bonchev–Trinajstić information content (AvgIpc) is 1.63. The molecule has 8 heterocycles. The van der Waals surface area contributed by atoms with Gasteiger partial charge in [-0.2, -0.15) is 0 Å². The summed E-state index contributed by atoms with van der Waals surface area (Å²) in [4.78, 5) is 134. The van der Waals surface area contributed by atoms with E-state index in [-0.39, 0.29) is 147 Å². The highest BCUT2D eigenvalue weighted by atomic mass is 16.6. The molecule has 0 saturated carbocycles. The number of carbonyl (C=O) groups is 10. The number of morpholine rings is 2. The normalized spacial score (nSPS) is 29.6. The summed E-state index contributed by atoms with van der Waals surface area (Å²) in [6, 6.07) is 14.0. The fourth-order valence-corrected chi connectivity index (χ4v) is 16.3. The van der Waals surface area contributed by atoms with Crippen LogP contribution in [0.15, 0.2) is 151 Å². The number of fused-ring (bicyclic) bond motifs is 7. The van der Waals surface area contributed by atoms with Gasteiger partial charge >= 0.3 is 29.8 Å². The molecule has 13 rings (SSSR count). The van der Waals surface area contributed by atoms with Gasteiger partial charge in [0.25, 0.3) is 0 Å². The smallest absolute Gasteiger partial charge is 0.342 e. The lowest BCUT2D eigenvalue weighted by molar-refractivity contribution is -0.129. The number of methoxy groups -OCH3 is 2. The standard InChI is InChI=1S/C24H31NO7.C24H31NO6.C22H26N2O5.C21H26O7.C21H26O6/c1-14-11-15(2)22(28)23(29)19(26)6-4-5-17-12-18(25-7-9-31-10-8-25)13-20(27)21(17)24(30)32-16(14)3;1-15-7-8-21(27)16(2)20(26)6-4-5-18-13-19(25-9-11-30-12-10-25)14-22(28)23(18)24(29)31-17(15)3;1-12-8-9-18(26)13(2)17(25)7-5-6-15-20(22(28)29-14(12)3)19(27)10-16-21(15)23-11-24(16)4;1-11-8-12(2)19(24)20(25)16(22)7-5-6-14-9-15(27-4)10-17(23)18(14)21(26)28-13(11)3;1-12-8-9-18(23)13(2)17(22)7-5-6-15-10-16(26-4)11-19(24)20(15)21(25)27-14(12)3/h4-5,11-14,16,19,23,26-27,29H,6-10H2,1-3H3;4-5,7-8,13-17,20,26,28H,6,9-12H2,1-3H3;5-6,8-14,17,25,27H,7H2,1-4H3;5-6,8-11,13,16,20,22-23,25H,7H2,1-4H3;5-6,8-14,17,22,24H,7H2,1-4H3/b5-4+,15-11-;5-4+,8-7-;6-5+,9-8-;6-5+,12-8-;6-5+,9-8-/t14-,16+,19+,23+;15-,16+,17+,20+;12-,13+,14+,17+;11-,13+,16+,20+;12-,13+,14+,17+/m11111/s1. The Morgan fingerprint density at radius 2 is 0.619 bits per heavy atom. The Kier molecular flexibility index (Phi) is 43.2. The van der Waals surface area contributed by atoms with E-state index in [1.807, 2.05) is 31.7 Å². The molecule has 7 aliphatic heterocycles. The third kappa shape index (κ3) is 31.3. The summed E-state index contributed by atoms with van der Waals surface area (Å²) in [6.45, 7) is 30.8. The number of rotatable bonds is 4. The highest BCUT2D eigenvalue weighted by Gasteiger charge is 2.36. The summed E-state index contributed by atoms with van der Waals surface area (Å²) >= 11 is 0. The van der Waals surface area contributed by atoms with E-state index in [0.29, 0.717) is 103 Å². The van der Waals surface area contributed by atoms with Gasteiger partial charge in [-0.05, 0) is 156 Å². The second-order valence-electron chi connectivity index (χ2n) is 38.0. The van der Waals surface area contributed by atoms with Crippen LogP contribution in [-0.4, -0.2) is 270 Å². The molecule has 0 radical (unpaired) electrons. The minimum Gasteiger partial charge on any atom is -0.507 e. The molecule has 794 valence electrons. The molecule has 0 spiro atoms. The number of esters is 5. The van der Waals surface area contributed by atoms with E-state index in [9.17, 15) is 109 Å². The van der Waals surface area contributed by atoms with Crippen molar-refractivity contribution in [3.63, 3.8) is 0 Å². The maximum atomic E-state index is 13.0. The number of allylic oxidation sites excluding steroid dienone is 3. The van der Waals surface area contributed by atoms with Gasteiger partial charge in [-0.15, -0.1) is 0 Å². The number of ketones is 5. The zero-order chi connectivity index (χ0) is 108. The van der Waals surface area contributed by atoms with E-state index < -0.39 is 132 Å². The number of aryl methyl sites for hydroxylation is 1. The molecule has 0 amide bonds. The minimum absolute atomic E-state index is 0.0107. The highest BCUT2D eigenvalue weighted by molar-refractivity contribution is 6.05. The maximum absolute atomic E-state index is 13.0. The monoisotopic (exact) mass is 2040 g/mol. The van der Waals surface area contributed by atoms with Crippen molar-refractivity contribution in [2.45, 2.75) is 209 Å². The Morgan fingerprint density at radius 3 is 0.939 bits per heavy atom. The Hall–Kier alpha value is -13.5. The van der Waals surface area contributed by atoms with E-state index >= 15 is 0 Å². The van der Waals surface area contributed by atoms with Crippen molar-refractivity contribution < 1.29 is 152 Å². The van der Waals surface area contributed by atoms with E-state index in [1.54, 1.807) is 204 Å². The largest absolute Gasteiger partial charge is 0.507 e. The van der Waals surface area contributed by atoms with Crippen molar-refractivity contribution in [2.24, 2.45) is 54.4 Å². The van der Waals surface area contributed by atoms with Crippen LogP contribution in [0.5, 0.6) is 40.2 Å². The predicted octanol–water partition coefficient (Wildman–Crippen LogP) is 13.4. The van der Waals surface area contributed by atoms with Crippen molar-refractivity contribution in [3.05, 3.63) is 207 Å². The predicted molar refractivity (Wildman–Crippen MR) is 552 cm³/mol. The fraction of sp³-hybridized carbons (Fsp3) is 0.455. The molecule has 20 atom stereocenters. The molecular formula is C112H140N4O31. The summed E-state index contributed by atoms with van der Waals surface area (Å²) in [5.74, 6) is -8.40. The number of aromatic nitrogens is 2. The van der Waals surface area contributed by atoms with Crippen molar-refractivity contribution in [2.75, 3.05) is 76.6 Å². The number of hydrogen-bond donors (Lipinski definition) is 12. The van der Waals surface area contributed by atoms with Crippen LogP contribution in [0.25, 0.3) is 41.4 Å². The van der Waals surface area contributed by atoms with Crippen LogP contribution in [0.2, 0.25) is 0 Å². The first-order valence-corrected chi connectivity index (χ1v) is 49.2. The van der Waals surface area contributed by atoms with E-state index in [4.69, 9.17) is 42.6 Å². The number of carbonyl (C=O) groups excluding carboxylic acids is 10. The SMILES string of the molecule is C/C1=C/[C@@H](C)[C@H](C)OC(=O)c2c(O)cc(N3CCOCC3)cc2/C=C/C[C@H](O)[C@H](O)C1=O.COc1cc(O)c2c(c1)/C=C/C[C@H](O)[C@H](C)C(=O)/C=C\[C@@H](C)[C@H](C)OC2=O.COc1cc(O)c2c(c1)/C=C/C[C@H](O)[C@H](O)C(=O)/C(C)=C\[C@@H](C)[C@H](C)OC2=O.C[C@@H]1/C=C\C(=O)[C@@H](C)[C@@H](O)C/C=C/c2c(c(O)cc3c2ncn3C)C(=O)O[C@H]1C.C[C@@H]1/C=C\C(=O)[C@@H](C)[C@@H](O)C/C=C/c2cc(N3CCOCC3)cc(O)c2C(=O)O[C@H]1C. The molecule has 35 nitrogen and oxygen atoms in total. The van der Waals surface area contributed by atoms with Crippen LogP contribution in [0.3, 0.4) is 0 Å². The Morgan fingerprint density at radius 1 is 0.340 bits per heavy atom. The van der Waals surface area contributed by atoms with E-state index in [0.717, 1.165) is 11.4 Å². The third-order valence-electron chi connectivity index (χ3n) is 27.2. The van der Waals surface area contributed by atoms with Crippen molar-refractivity contribution in [3.8, 4) is 40.2 Å². The van der Waals surface area contributed by atoms with Crippen LogP contribution in [0, 0.1) is 47.3 Å². The van der Waals surface area contributed by atoms with Gasteiger partial charge in [0.2, 0.25) is 0 Å². The molecule has 7 aliphatic rings. The van der Waals surface area contributed by atoms with Crippen molar-refractivity contribution >= 4 is 112 Å². The first-order valence-electron chi connectivity index (χ1n) is 49.2. The number of anilines is 2. The molecule has 6 aromatic rings. The lowest BCUT2D eigenvalue weighted by Gasteiger charge is -2.29. The van der Waals surface area contributed by atoms with Gasteiger partial charge in [0.1, 0.15) is 111 Å². The zero-order valence-corrected chi connectivity index (χ0v) is 86.3. The molecule has 5 aromatic carbocycles.